The van der Waals surface area contributed by atoms with Crippen LogP contribution >= 0.6 is 23.2 Å². The number of carbonyl (C=O) groups excluding carboxylic acids is 2. The monoisotopic (exact) mass is 324 g/mol. The molecule has 3 N–H and O–H groups in total. The molecular weight excluding hydrogens is 315 g/mol. The van der Waals surface area contributed by atoms with Gasteiger partial charge in [0, 0.05) is 11.9 Å². The van der Waals surface area contributed by atoms with Gasteiger partial charge in [-0.3, -0.25) is 15.2 Å². The molecule has 1 heterocycles. The van der Waals surface area contributed by atoms with Crippen LogP contribution in [-0.2, 0) is 0 Å². The zero-order valence-electron chi connectivity index (χ0n) is 10.6. The van der Waals surface area contributed by atoms with E-state index in [-0.39, 0.29) is 5.69 Å². The van der Waals surface area contributed by atoms with E-state index in [2.05, 4.69) is 21.2 Å². The number of amides is 3. The van der Waals surface area contributed by atoms with E-state index in [1.54, 1.807) is 24.3 Å². The number of benzene rings is 1. The molecule has 8 heteroatoms. The second-order valence-electron chi connectivity index (χ2n) is 3.88. The molecule has 0 unspecified atom stereocenters. The van der Waals surface area contributed by atoms with Crippen molar-refractivity contribution in [1.82, 2.24) is 15.8 Å². The number of aromatic nitrogens is 1. The van der Waals surface area contributed by atoms with Crippen LogP contribution in [0.4, 0.5) is 10.5 Å². The number of hydrazine groups is 1. The standard InChI is InChI=1S/C13H10Cl2N4O2/c14-9-5-4-8(7-10(9)15)17-13(21)19-18-12(20)11-3-1-2-6-16-11/h1-7H,(H,18,20)(H2,17,19,21). The minimum Gasteiger partial charge on any atom is -0.307 e. The average Bonchev–Trinajstić information content (AvgIpc) is 2.49. The van der Waals surface area contributed by atoms with Crippen molar-refractivity contribution in [1.29, 1.82) is 0 Å². The summed E-state index contributed by atoms with van der Waals surface area (Å²) in [5.74, 6) is -0.528. The van der Waals surface area contributed by atoms with Gasteiger partial charge in [0.1, 0.15) is 5.69 Å². The molecule has 0 bridgehead atoms. The number of hydrogen-bond acceptors (Lipinski definition) is 3. The number of urea groups is 1. The first-order valence-electron chi connectivity index (χ1n) is 5.79. The van der Waals surface area contributed by atoms with Gasteiger partial charge in [0.2, 0.25) is 0 Å². The zero-order chi connectivity index (χ0) is 15.2. The van der Waals surface area contributed by atoms with Crippen LogP contribution in [0, 0.1) is 0 Å². The third-order valence-corrected chi connectivity index (χ3v) is 3.10. The Balaban J connectivity index is 1.87. The van der Waals surface area contributed by atoms with Gasteiger partial charge in [-0.1, -0.05) is 29.3 Å². The van der Waals surface area contributed by atoms with E-state index < -0.39 is 11.9 Å². The molecule has 0 aliphatic rings. The summed E-state index contributed by atoms with van der Waals surface area (Å²) in [5, 5.41) is 3.18. The largest absolute Gasteiger partial charge is 0.337 e. The van der Waals surface area contributed by atoms with Gasteiger partial charge in [0.15, 0.2) is 0 Å². The highest BCUT2D eigenvalue weighted by atomic mass is 35.5. The van der Waals surface area contributed by atoms with Crippen LogP contribution < -0.4 is 16.2 Å². The first-order valence-corrected chi connectivity index (χ1v) is 6.55. The van der Waals surface area contributed by atoms with E-state index in [1.165, 1.54) is 18.3 Å². The maximum Gasteiger partial charge on any atom is 0.337 e. The van der Waals surface area contributed by atoms with E-state index in [1.807, 2.05) is 0 Å². The summed E-state index contributed by atoms with van der Waals surface area (Å²) >= 11 is 11.6. The number of pyridine rings is 1. The van der Waals surface area contributed by atoms with Gasteiger partial charge < -0.3 is 5.32 Å². The Morgan fingerprint density at radius 2 is 1.81 bits per heavy atom. The van der Waals surface area contributed by atoms with Gasteiger partial charge in [-0.25, -0.2) is 10.2 Å². The predicted octanol–water partition coefficient (Wildman–Crippen LogP) is 2.85. The van der Waals surface area contributed by atoms with Crippen molar-refractivity contribution in [2.24, 2.45) is 0 Å². The van der Waals surface area contributed by atoms with Crippen LogP contribution in [0.1, 0.15) is 10.5 Å². The quantitative estimate of drug-likeness (QED) is 0.743. The molecule has 0 aliphatic carbocycles. The molecule has 0 saturated heterocycles. The Morgan fingerprint density at radius 1 is 1.00 bits per heavy atom. The summed E-state index contributed by atoms with van der Waals surface area (Å²) < 4.78 is 0. The fourth-order valence-electron chi connectivity index (χ4n) is 1.41. The maximum atomic E-state index is 11.6. The van der Waals surface area contributed by atoms with E-state index in [9.17, 15) is 9.59 Å². The Bertz CT molecular complexity index is 664. The number of nitrogens with zero attached hydrogens (tertiary/aromatic N) is 1. The third-order valence-electron chi connectivity index (χ3n) is 2.36. The van der Waals surface area contributed by atoms with Crippen LogP contribution in [0.15, 0.2) is 42.6 Å². The summed E-state index contributed by atoms with van der Waals surface area (Å²) in [6.07, 6.45) is 1.48. The number of nitrogens with one attached hydrogen (secondary N) is 3. The molecule has 0 aliphatic heterocycles. The zero-order valence-corrected chi connectivity index (χ0v) is 12.1. The predicted molar refractivity (Wildman–Crippen MR) is 80.3 cm³/mol. The minimum atomic E-state index is -0.627. The van der Waals surface area contributed by atoms with Crippen LogP contribution in [-0.4, -0.2) is 16.9 Å². The first-order chi connectivity index (χ1) is 10.1. The molecule has 21 heavy (non-hydrogen) atoms. The molecule has 2 aromatic rings. The SMILES string of the molecule is O=C(NNC(=O)c1ccccn1)Nc1ccc(Cl)c(Cl)c1. The Morgan fingerprint density at radius 3 is 2.48 bits per heavy atom. The molecule has 0 spiro atoms. The van der Waals surface area contributed by atoms with Crippen molar-refractivity contribution in [3.63, 3.8) is 0 Å². The van der Waals surface area contributed by atoms with Crippen molar-refractivity contribution < 1.29 is 9.59 Å². The number of anilines is 1. The van der Waals surface area contributed by atoms with E-state index in [4.69, 9.17) is 23.2 Å². The van der Waals surface area contributed by atoms with Crippen molar-refractivity contribution in [3.8, 4) is 0 Å². The fraction of sp³-hybridized carbons (Fsp3) is 0. The van der Waals surface area contributed by atoms with Crippen molar-refractivity contribution >= 4 is 40.8 Å². The molecule has 108 valence electrons. The van der Waals surface area contributed by atoms with E-state index in [0.717, 1.165) is 0 Å². The molecule has 0 atom stereocenters. The topological polar surface area (TPSA) is 83.1 Å². The Labute approximate surface area is 130 Å². The van der Waals surface area contributed by atoms with Crippen LogP contribution in [0.2, 0.25) is 10.0 Å². The normalized spacial score (nSPS) is 9.81. The maximum absolute atomic E-state index is 11.6. The summed E-state index contributed by atoms with van der Waals surface area (Å²) in [7, 11) is 0. The molecule has 1 aromatic heterocycles. The number of halogens is 2. The highest BCUT2D eigenvalue weighted by Crippen LogP contribution is 2.24. The number of rotatable bonds is 2. The third kappa shape index (κ3) is 4.34. The second-order valence-corrected chi connectivity index (χ2v) is 4.69. The van der Waals surface area contributed by atoms with Gasteiger partial charge >= 0.3 is 6.03 Å². The second kappa shape index (κ2) is 6.92. The Kier molecular flexibility index (Phi) is 4.97. The molecular formula is C13H10Cl2N4O2. The molecule has 1 aromatic carbocycles. The molecule has 2 rings (SSSR count). The summed E-state index contributed by atoms with van der Waals surface area (Å²) in [4.78, 5) is 27.1. The van der Waals surface area contributed by atoms with Crippen molar-refractivity contribution in [2.75, 3.05) is 5.32 Å². The number of hydrogen-bond donors (Lipinski definition) is 3. The van der Waals surface area contributed by atoms with Crippen molar-refractivity contribution in [3.05, 3.63) is 58.3 Å². The lowest BCUT2D eigenvalue weighted by molar-refractivity contribution is 0.0933. The van der Waals surface area contributed by atoms with Gasteiger partial charge in [-0.05, 0) is 30.3 Å². The smallest absolute Gasteiger partial charge is 0.307 e. The van der Waals surface area contributed by atoms with Crippen molar-refractivity contribution in [2.45, 2.75) is 0 Å². The van der Waals surface area contributed by atoms with Gasteiger partial charge in [-0.2, -0.15) is 0 Å². The lowest BCUT2D eigenvalue weighted by Gasteiger charge is -2.09. The van der Waals surface area contributed by atoms with Gasteiger partial charge in [0.25, 0.3) is 5.91 Å². The minimum absolute atomic E-state index is 0.187. The van der Waals surface area contributed by atoms with Crippen LogP contribution in [0.3, 0.4) is 0 Å². The number of carbonyl (C=O) groups is 2. The first kappa shape index (κ1) is 15.1. The fourth-order valence-corrected chi connectivity index (χ4v) is 1.71. The lowest BCUT2D eigenvalue weighted by Crippen LogP contribution is -2.44. The van der Waals surface area contributed by atoms with Gasteiger partial charge in [0.05, 0.1) is 10.0 Å². The van der Waals surface area contributed by atoms with E-state index in [0.29, 0.717) is 15.7 Å². The summed E-state index contributed by atoms with van der Waals surface area (Å²) in [6.45, 7) is 0. The Hall–Kier alpha value is -2.31. The summed E-state index contributed by atoms with van der Waals surface area (Å²) in [5.41, 5.74) is 5.05. The molecule has 3 amide bonds. The van der Waals surface area contributed by atoms with Crippen LogP contribution in [0.25, 0.3) is 0 Å². The molecule has 6 nitrogen and oxygen atoms in total. The molecule has 0 fully saturated rings. The average molecular weight is 325 g/mol. The lowest BCUT2D eigenvalue weighted by atomic mass is 10.3. The highest BCUT2D eigenvalue weighted by Gasteiger charge is 2.08. The highest BCUT2D eigenvalue weighted by molar-refractivity contribution is 6.42. The van der Waals surface area contributed by atoms with Gasteiger partial charge in [-0.15, -0.1) is 0 Å². The summed E-state index contributed by atoms with van der Waals surface area (Å²) in [6, 6.07) is 8.86. The molecule has 0 saturated carbocycles. The van der Waals surface area contributed by atoms with E-state index >= 15 is 0 Å². The molecule has 0 radical (unpaired) electrons. The van der Waals surface area contributed by atoms with Crippen LogP contribution in [0.5, 0.6) is 0 Å².